The number of ether oxygens (including phenoxy) is 2. The van der Waals surface area contributed by atoms with Crippen molar-refractivity contribution < 1.29 is 23.9 Å². The molecular weight excluding hydrogens is 554 g/mol. The maximum absolute atomic E-state index is 14.5. The van der Waals surface area contributed by atoms with Gasteiger partial charge in [0.05, 0.1) is 7.11 Å². The molecule has 3 atom stereocenters. The minimum absolute atomic E-state index is 0.185. The SMILES string of the molecule is CCCCCCCCN(C(=O)C(NC(=O)OC(C)(C)C)C(C)CC)C(C(=O)Nc1ccc(OC)cc1)c1ccc(CC)cc1. The summed E-state index contributed by atoms with van der Waals surface area (Å²) in [4.78, 5) is 43.3. The highest BCUT2D eigenvalue weighted by Crippen LogP contribution is 2.28. The van der Waals surface area contributed by atoms with E-state index in [-0.39, 0.29) is 17.7 Å². The molecule has 2 rings (SSSR count). The molecule has 0 aliphatic heterocycles. The van der Waals surface area contributed by atoms with Gasteiger partial charge in [0.25, 0.3) is 5.91 Å². The van der Waals surface area contributed by atoms with E-state index in [1.54, 1.807) is 57.0 Å². The van der Waals surface area contributed by atoms with Crippen molar-refractivity contribution in [3.63, 3.8) is 0 Å². The highest BCUT2D eigenvalue weighted by Gasteiger charge is 2.38. The van der Waals surface area contributed by atoms with Crippen molar-refractivity contribution in [3.8, 4) is 5.75 Å². The number of methoxy groups -OCH3 is 1. The Kier molecular flexibility index (Phi) is 15.2. The molecule has 3 unspecified atom stereocenters. The van der Waals surface area contributed by atoms with Crippen LogP contribution in [0.1, 0.15) is 111 Å². The maximum atomic E-state index is 14.5. The molecule has 3 amide bonds. The Labute approximate surface area is 265 Å². The Balaban J connectivity index is 2.53. The van der Waals surface area contributed by atoms with E-state index >= 15 is 0 Å². The summed E-state index contributed by atoms with van der Waals surface area (Å²) in [5.74, 6) is -0.124. The van der Waals surface area contributed by atoms with Gasteiger partial charge >= 0.3 is 6.09 Å². The number of nitrogens with zero attached hydrogens (tertiary/aromatic N) is 1. The predicted octanol–water partition coefficient (Wildman–Crippen LogP) is 8.07. The lowest BCUT2D eigenvalue weighted by Crippen LogP contribution is -2.55. The molecule has 0 radical (unpaired) electrons. The van der Waals surface area contributed by atoms with Gasteiger partial charge in [-0.3, -0.25) is 9.59 Å². The van der Waals surface area contributed by atoms with Crippen LogP contribution >= 0.6 is 0 Å². The van der Waals surface area contributed by atoms with E-state index in [1.807, 2.05) is 38.1 Å². The molecule has 2 N–H and O–H groups in total. The lowest BCUT2D eigenvalue weighted by Gasteiger charge is -2.36. The number of rotatable bonds is 17. The summed E-state index contributed by atoms with van der Waals surface area (Å²) in [6.45, 7) is 13.9. The molecule has 0 saturated heterocycles. The molecule has 0 saturated carbocycles. The molecule has 0 bridgehead atoms. The van der Waals surface area contributed by atoms with Crippen LogP contribution in [0, 0.1) is 5.92 Å². The Morgan fingerprint density at radius 2 is 1.48 bits per heavy atom. The molecule has 0 spiro atoms. The van der Waals surface area contributed by atoms with E-state index in [0.29, 0.717) is 30.0 Å². The topological polar surface area (TPSA) is 97.0 Å². The molecule has 0 heterocycles. The summed E-state index contributed by atoms with van der Waals surface area (Å²) >= 11 is 0. The molecule has 2 aromatic rings. The number of hydrogen-bond donors (Lipinski definition) is 2. The van der Waals surface area contributed by atoms with Gasteiger partial charge in [-0.1, -0.05) is 90.5 Å². The number of nitrogens with one attached hydrogen (secondary N) is 2. The molecule has 44 heavy (non-hydrogen) atoms. The minimum atomic E-state index is -0.904. The average molecular weight is 610 g/mol. The molecule has 2 aromatic carbocycles. The molecule has 0 aliphatic carbocycles. The first-order valence-corrected chi connectivity index (χ1v) is 16.3. The van der Waals surface area contributed by atoms with Gasteiger partial charge in [0, 0.05) is 12.2 Å². The highest BCUT2D eigenvalue weighted by atomic mass is 16.6. The van der Waals surface area contributed by atoms with Crippen LogP contribution in [0.4, 0.5) is 10.5 Å². The highest BCUT2D eigenvalue weighted by molar-refractivity contribution is 5.99. The molecule has 8 nitrogen and oxygen atoms in total. The number of aryl methyl sites for hydroxylation is 1. The van der Waals surface area contributed by atoms with Crippen LogP contribution in [-0.2, 0) is 20.7 Å². The van der Waals surface area contributed by atoms with Crippen molar-refractivity contribution >= 4 is 23.6 Å². The molecule has 0 aromatic heterocycles. The zero-order chi connectivity index (χ0) is 32.7. The number of alkyl carbamates (subject to hydrolysis) is 1. The zero-order valence-electron chi connectivity index (χ0n) is 28.2. The predicted molar refractivity (Wildman–Crippen MR) is 178 cm³/mol. The minimum Gasteiger partial charge on any atom is -0.497 e. The number of carbonyl (C=O) groups is 3. The number of carbonyl (C=O) groups excluding carboxylic acids is 3. The van der Waals surface area contributed by atoms with Gasteiger partial charge in [0.1, 0.15) is 23.4 Å². The average Bonchev–Trinajstić information content (AvgIpc) is 3.00. The van der Waals surface area contributed by atoms with Crippen molar-refractivity contribution in [2.24, 2.45) is 5.92 Å². The fourth-order valence-corrected chi connectivity index (χ4v) is 5.02. The standard InChI is InChI=1S/C36H55N3O5/c1-9-12-13-14-15-16-25-39(34(41)31(26(4)10-2)38-35(42)44-36(5,6)7)32(28-19-17-27(11-3)18-20-28)33(40)37-29-21-23-30(43-8)24-22-29/h17-24,26,31-32H,9-16,25H2,1-8H3,(H,37,40)(H,38,42). The van der Waals surface area contributed by atoms with Gasteiger partial charge in [0.15, 0.2) is 0 Å². The van der Waals surface area contributed by atoms with Crippen molar-refractivity contribution in [2.45, 2.75) is 118 Å². The Morgan fingerprint density at radius 3 is 2.02 bits per heavy atom. The van der Waals surface area contributed by atoms with Crippen molar-refractivity contribution in [1.82, 2.24) is 10.2 Å². The fourth-order valence-electron chi connectivity index (χ4n) is 5.02. The van der Waals surface area contributed by atoms with Crippen LogP contribution in [0.25, 0.3) is 0 Å². The second-order valence-electron chi connectivity index (χ2n) is 12.5. The monoisotopic (exact) mass is 609 g/mol. The van der Waals surface area contributed by atoms with Crippen LogP contribution in [0.3, 0.4) is 0 Å². The third-order valence-electron chi connectivity index (χ3n) is 7.81. The summed E-state index contributed by atoms with van der Waals surface area (Å²) in [6, 6.07) is 13.2. The maximum Gasteiger partial charge on any atom is 0.408 e. The third kappa shape index (κ3) is 11.9. The van der Waals surface area contributed by atoms with E-state index in [4.69, 9.17) is 9.47 Å². The Morgan fingerprint density at radius 1 is 0.864 bits per heavy atom. The van der Waals surface area contributed by atoms with Crippen LogP contribution in [-0.4, -0.2) is 48.1 Å². The van der Waals surface area contributed by atoms with Gasteiger partial charge in [-0.05, 0) is 74.9 Å². The summed E-state index contributed by atoms with van der Waals surface area (Å²) in [6.07, 6.45) is 7.09. The number of hydrogen-bond acceptors (Lipinski definition) is 5. The summed E-state index contributed by atoms with van der Waals surface area (Å²) in [5, 5.41) is 5.88. The lowest BCUT2D eigenvalue weighted by atomic mass is 9.95. The van der Waals surface area contributed by atoms with Crippen LogP contribution < -0.4 is 15.4 Å². The van der Waals surface area contributed by atoms with Crippen LogP contribution in [0.2, 0.25) is 0 Å². The van der Waals surface area contributed by atoms with Gasteiger partial charge in [0.2, 0.25) is 5.91 Å². The van der Waals surface area contributed by atoms with Crippen molar-refractivity contribution in [3.05, 3.63) is 59.7 Å². The zero-order valence-corrected chi connectivity index (χ0v) is 28.2. The lowest BCUT2D eigenvalue weighted by molar-refractivity contribution is -0.142. The number of unbranched alkanes of at least 4 members (excludes halogenated alkanes) is 5. The Hall–Kier alpha value is -3.55. The van der Waals surface area contributed by atoms with E-state index in [0.717, 1.165) is 44.1 Å². The van der Waals surface area contributed by atoms with Gasteiger partial charge in [-0.15, -0.1) is 0 Å². The van der Waals surface area contributed by atoms with Crippen molar-refractivity contribution in [1.29, 1.82) is 0 Å². The molecule has 244 valence electrons. The summed E-state index contributed by atoms with van der Waals surface area (Å²) in [7, 11) is 1.59. The number of anilines is 1. The van der Waals surface area contributed by atoms with Gasteiger partial charge < -0.3 is 25.0 Å². The molecule has 0 fully saturated rings. The third-order valence-corrected chi connectivity index (χ3v) is 7.81. The summed E-state index contributed by atoms with van der Waals surface area (Å²) < 4.78 is 10.8. The van der Waals surface area contributed by atoms with Crippen LogP contribution in [0.5, 0.6) is 5.75 Å². The number of benzene rings is 2. The van der Waals surface area contributed by atoms with Crippen molar-refractivity contribution in [2.75, 3.05) is 19.0 Å². The normalized spacial score (nSPS) is 13.4. The first-order chi connectivity index (χ1) is 20.9. The van der Waals surface area contributed by atoms with Crippen LogP contribution in [0.15, 0.2) is 48.5 Å². The molecule has 8 heteroatoms. The summed E-state index contributed by atoms with van der Waals surface area (Å²) in [5.41, 5.74) is 1.74. The van der Waals surface area contributed by atoms with Gasteiger partial charge in [-0.2, -0.15) is 0 Å². The van der Waals surface area contributed by atoms with E-state index in [9.17, 15) is 14.4 Å². The van der Waals surface area contributed by atoms with E-state index in [2.05, 4.69) is 24.5 Å². The molecule has 0 aliphatic rings. The smallest absolute Gasteiger partial charge is 0.408 e. The second-order valence-corrected chi connectivity index (χ2v) is 12.5. The van der Waals surface area contributed by atoms with E-state index < -0.39 is 23.8 Å². The molecular formula is C36H55N3O5. The van der Waals surface area contributed by atoms with E-state index in [1.165, 1.54) is 6.42 Å². The van der Waals surface area contributed by atoms with Gasteiger partial charge in [-0.25, -0.2) is 4.79 Å². The fraction of sp³-hybridized carbons (Fsp3) is 0.583. The largest absolute Gasteiger partial charge is 0.497 e. The first-order valence-electron chi connectivity index (χ1n) is 16.3. The number of amides is 3. The Bertz CT molecular complexity index is 1160. The second kappa shape index (κ2) is 18.3. The quantitative estimate of drug-likeness (QED) is 0.177. The first kappa shape index (κ1) is 36.6.